The number of anilines is 1. The highest BCUT2D eigenvalue weighted by molar-refractivity contribution is 5.91. The highest BCUT2D eigenvalue weighted by atomic mass is 16.5. The number of benzene rings is 2. The van der Waals surface area contributed by atoms with Gasteiger partial charge in [0, 0.05) is 5.39 Å². The number of carbonyl (C=O) groups is 1. The molecule has 0 fully saturated rings. The van der Waals surface area contributed by atoms with Crippen LogP contribution in [0.25, 0.3) is 16.6 Å². The maximum atomic E-state index is 11.5. The second-order valence-electron chi connectivity index (χ2n) is 4.72. The van der Waals surface area contributed by atoms with Crippen LogP contribution in [0.15, 0.2) is 42.5 Å². The number of hydrogen-bond acceptors (Lipinski definition) is 5. The van der Waals surface area contributed by atoms with Crippen molar-refractivity contribution in [3.05, 3.63) is 48.0 Å². The molecule has 0 saturated carbocycles. The van der Waals surface area contributed by atoms with Crippen LogP contribution in [-0.4, -0.2) is 30.0 Å². The first kappa shape index (κ1) is 13.9. The lowest BCUT2D eigenvalue weighted by Gasteiger charge is -2.05. The van der Waals surface area contributed by atoms with Gasteiger partial charge in [-0.2, -0.15) is 5.10 Å². The van der Waals surface area contributed by atoms with Crippen LogP contribution < -0.4 is 10.5 Å². The summed E-state index contributed by atoms with van der Waals surface area (Å²) in [6, 6.07) is 12.4. The largest absolute Gasteiger partial charge is 0.497 e. The van der Waals surface area contributed by atoms with Crippen LogP contribution in [0.4, 0.5) is 5.82 Å². The third-order valence-electron chi connectivity index (χ3n) is 3.45. The van der Waals surface area contributed by atoms with Gasteiger partial charge in [0.05, 0.1) is 31.0 Å². The average Bonchev–Trinajstić information content (AvgIpc) is 2.90. The molecule has 0 aliphatic carbocycles. The molecule has 6 heteroatoms. The number of carbonyl (C=O) groups excluding carboxylic acids is 1. The van der Waals surface area contributed by atoms with E-state index in [1.807, 2.05) is 18.2 Å². The van der Waals surface area contributed by atoms with Crippen LogP contribution in [0.2, 0.25) is 0 Å². The first-order chi connectivity index (χ1) is 10.6. The fourth-order valence-electron chi connectivity index (χ4n) is 2.26. The summed E-state index contributed by atoms with van der Waals surface area (Å²) in [6.07, 6.45) is 0. The van der Waals surface area contributed by atoms with Crippen molar-refractivity contribution in [2.24, 2.45) is 0 Å². The molecule has 22 heavy (non-hydrogen) atoms. The lowest BCUT2D eigenvalue weighted by molar-refractivity contribution is 0.0601. The van der Waals surface area contributed by atoms with Gasteiger partial charge in [-0.05, 0) is 42.5 Å². The fraction of sp³-hybridized carbons (Fsp3) is 0.125. The molecule has 0 unspecified atom stereocenters. The number of fused-ring (bicyclic) bond motifs is 1. The molecule has 6 nitrogen and oxygen atoms in total. The molecule has 0 saturated heterocycles. The van der Waals surface area contributed by atoms with Crippen LogP contribution in [0.1, 0.15) is 10.4 Å². The number of nitrogens with two attached hydrogens (primary N) is 1. The lowest BCUT2D eigenvalue weighted by atomic mass is 10.2. The van der Waals surface area contributed by atoms with Crippen LogP contribution in [-0.2, 0) is 4.74 Å². The van der Waals surface area contributed by atoms with Crippen molar-refractivity contribution in [3.63, 3.8) is 0 Å². The van der Waals surface area contributed by atoms with E-state index in [4.69, 9.17) is 10.5 Å². The minimum absolute atomic E-state index is 0.380. The van der Waals surface area contributed by atoms with E-state index >= 15 is 0 Å². The Morgan fingerprint density at radius 3 is 2.50 bits per heavy atom. The van der Waals surface area contributed by atoms with E-state index in [2.05, 4.69) is 9.84 Å². The molecule has 0 atom stereocenters. The summed E-state index contributed by atoms with van der Waals surface area (Å²) < 4.78 is 11.5. The Labute approximate surface area is 127 Å². The normalized spacial score (nSPS) is 10.6. The molecule has 2 aromatic carbocycles. The Kier molecular flexibility index (Phi) is 3.42. The minimum Gasteiger partial charge on any atom is -0.497 e. The van der Waals surface area contributed by atoms with E-state index in [0.717, 1.165) is 22.3 Å². The zero-order valence-electron chi connectivity index (χ0n) is 12.2. The predicted octanol–water partition coefficient (Wildman–Crippen LogP) is 2.40. The minimum atomic E-state index is -0.380. The van der Waals surface area contributed by atoms with E-state index in [-0.39, 0.29) is 5.97 Å². The van der Waals surface area contributed by atoms with E-state index in [1.165, 1.54) is 7.11 Å². The van der Waals surface area contributed by atoms with E-state index in [9.17, 15) is 4.79 Å². The predicted molar refractivity (Wildman–Crippen MR) is 83.4 cm³/mol. The van der Waals surface area contributed by atoms with Crippen molar-refractivity contribution in [1.29, 1.82) is 0 Å². The maximum Gasteiger partial charge on any atom is 0.337 e. The van der Waals surface area contributed by atoms with Crippen molar-refractivity contribution >= 4 is 22.7 Å². The molecular formula is C16H15N3O3. The zero-order valence-corrected chi connectivity index (χ0v) is 12.2. The molecule has 0 spiro atoms. The van der Waals surface area contributed by atoms with E-state index in [0.29, 0.717) is 11.4 Å². The molecule has 0 amide bonds. The van der Waals surface area contributed by atoms with Gasteiger partial charge in [0.1, 0.15) is 11.6 Å². The summed E-state index contributed by atoms with van der Waals surface area (Å²) in [4.78, 5) is 11.5. The number of esters is 1. The number of nitrogens with zero attached hydrogens (tertiary/aromatic N) is 2. The molecular weight excluding hydrogens is 282 g/mol. The smallest absolute Gasteiger partial charge is 0.337 e. The van der Waals surface area contributed by atoms with Gasteiger partial charge in [0.2, 0.25) is 0 Å². The Morgan fingerprint density at radius 1 is 1.14 bits per heavy atom. The second-order valence-corrected chi connectivity index (χ2v) is 4.72. The third kappa shape index (κ3) is 2.24. The summed E-state index contributed by atoms with van der Waals surface area (Å²) in [5.41, 5.74) is 8.18. The average molecular weight is 297 g/mol. The standard InChI is InChI=1S/C16H15N3O3/c1-21-12-7-8-14-13(9-12)15(17)19(18-14)11-5-3-10(4-6-11)16(20)22-2/h3-9H,17H2,1-2H3. The molecule has 112 valence electrons. The molecule has 0 bridgehead atoms. The fourth-order valence-corrected chi connectivity index (χ4v) is 2.26. The third-order valence-corrected chi connectivity index (χ3v) is 3.45. The maximum absolute atomic E-state index is 11.5. The number of nitrogen functional groups attached to an aromatic ring is 1. The highest BCUT2D eigenvalue weighted by Crippen LogP contribution is 2.27. The SMILES string of the molecule is COC(=O)c1ccc(-n2nc3ccc(OC)cc3c2N)cc1. The zero-order chi connectivity index (χ0) is 15.7. The van der Waals surface area contributed by atoms with Crippen molar-refractivity contribution < 1.29 is 14.3 Å². The molecule has 0 aliphatic heterocycles. The Balaban J connectivity index is 2.06. The van der Waals surface area contributed by atoms with Crippen molar-refractivity contribution in [2.45, 2.75) is 0 Å². The van der Waals surface area contributed by atoms with Crippen molar-refractivity contribution in [1.82, 2.24) is 9.78 Å². The van der Waals surface area contributed by atoms with E-state index in [1.54, 1.807) is 36.1 Å². The molecule has 3 rings (SSSR count). The van der Waals surface area contributed by atoms with Crippen molar-refractivity contribution in [2.75, 3.05) is 20.0 Å². The van der Waals surface area contributed by atoms with E-state index < -0.39 is 0 Å². The van der Waals surface area contributed by atoms with Gasteiger partial charge in [0.25, 0.3) is 0 Å². The first-order valence-corrected chi connectivity index (χ1v) is 6.65. The monoisotopic (exact) mass is 297 g/mol. The summed E-state index contributed by atoms with van der Waals surface area (Å²) in [5, 5.41) is 5.29. The summed E-state index contributed by atoms with van der Waals surface area (Å²) in [7, 11) is 2.95. The van der Waals surface area contributed by atoms with Crippen molar-refractivity contribution in [3.8, 4) is 11.4 Å². The topological polar surface area (TPSA) is 79.4 Å². The molecule has 2 N–H and O–H groups in total. The Hall–Kier alpha value is -3.02. The Bertz CT molecular complexity index is 838. The van der Waals surface area contributed by atoms with Gasteiger partial charge in [-0.3, -0.25) is 0 Å². The number of hydrogen-bond donors (Lipinski definition) is 1. The number of ether oxygens (including phenoxy) is 2. The van der Waals surface area contributed by atoms with Gasteiger partial charge in [-0.1, -0.05) is 0 Å². The van der Waals surface area contributed by atoms with Gasteiger partial charge in [-0.25, -0.2) is 9.48 Å². The summed E-state index contributed by atoms with van der Waals surface area (Å²) in [5.74, 6) is 0.856. The molecule has 0 aliphatic rings. The number of aromatic nitrogens is 2. The molecule has 0 radical (unpaired) electrons. The quantitative estimate of drug-likeness (QED) is 0.751. The lowest BCUT2D eigenvalue weighted by Crippen LogP contribution is -2.04. The van der Waals surface area contributed by atoms with Gasteiger partial charge in [-0.15, -0.1) is 0 Å². The first-order valence-electron chi connectivity index (χ1n) is 6.65. The second kappa shape index (κ2) is 5.40. The Morgan fingerprint density at radius 2 is 1.86 bits per heavy atom. The van der Waals surface area contributed by atoms with Crippen LogP contribution in [0.3, 0.4) is 0 Å². The van der Waals surface area contributed by atoms with Crippen LogP contribution in [0.5, 0.6) is 5.75 Å². The molecule has 3 aromatic rings. The number of methoxy groups -OCH3 is 2. The number of rotatable bonds is 3. The van der Waals surface area contributed by atoms with Gasteiger partial charge in [0.15, 0.2) is 0 Å². The highest BCUT2D eigenvalue weighted by Gasteiger charge is 2.12. The van der Waals surface area contributed by atoms with Gasteiger partial charge < -0.3 is 15.2 Å². The van der Waals surface area contributed by atoms with Crippen LogP contribution in [0, 0.1) is 0 Å². The summed E-state index contributed by atoms with van der Waals surface area (Å²) >= 11 is 0. The summed E-state index contributed by atoms with van der Waals surface area (Å²) in [6.45, 7) is 0. The molecule has 1 aromatic heterocycles. The molecule has 1 heterocycles. The van der Waals surface area contributed by atoms with Gasteiger partial charge >= 0.3 is 5.97 Å². The van der Waals surface area contributed by atoms with Crippen LogP contribution >= 0.6 is 0 Å².